The molecule has 2 amide bonds. The van der Waals surface area contributed by atoms with Crippen LogP contribution in [0, 0.1) is 0 Å². The van der Waals surface area contributed by atoms with Crippen molar-refractivity contribution >= 4 is 6.03 Å². The van der Waals surface area contributed by atoms with E-state index in [-0.39, 0.29) is 6.03 Å². The van der Waals surface area contributed by atoms with Gasteiger partial charge in [0.05, 0.1) is 6.61 Å². The predicted octanol–water partition coefficient (Wildman–Crippen LogP) is 1.95. The summed E-state index contributed by atoms with van der Waals surface area (Å²) in [5, 5.41) is 5.54. The van der Waals surface area contributed by atoms with Gasteiger partial charge >= 0.3 is 6.03 Å². The van der Waals surface area contributed by atoms with Gasteiger partial charge in [0.25, 0.3) is 0 Å². The number of ether oxygens (including phenoxy) is 1. The quantitative estimate of drug-likeness (QED) is 0.693. The first kappa shape index (κ1) is 14.5. The molecule has 0 spiro atoms. The Balaban J connectivity index is 1.97. The number of carbonyl (C=O) groups is 1. The monoisotopic (exact) mass is 250 g/mol. The molecule has 0 aliphatic heterocycles. The second-order valence-electron chi connectivity index (χ2n) is 4.12. The Bertz CT molecular complexity index is 328. The predicted molar refractivity (Wildman–Crippen MR) is 72.7 cm³/mol. The molecule has 1 aromatic rings. The number of aryl methyl sites for hydroxylation is 1. The van der Waals surface area contributed by atoms with Gasteiger partial charge in [-0.05, 0) is 24.8 Å². The van der Waals surface area contributed by atoms with Crippen LogP contribution in [0.25, 0.3) is 0 Å². The lowest BCUT2D eigenvalue weighted by Crippen LogP contribution is -2.37. The van der Waals surface area contributed by atoms with Gasteiger partial charge in [0.1, 0.15) is 0 Å². The average molecular weight is 250 g/mol. The molecular weight excluding hydrogens is 228 g/mol. The summed E-state index contributed by atoms with van der Waals surface area (Å²) in [6.45, 7) is 1.80. The van der Waals surface area contributed by atoms with Gasteiger partial charge in [-0.25, -0.2) is 4.79 Å². The maximum atomic E-state index is 11.3. The smallest absolute Gasteiger partial charge is 0.314 e. The molecule has 0 aliphatic carbocycles. The molecule has 100 valence electrons. The molecule has 4 heteroatoms. The molecule has 0 radical (unpaired) electrons. The number of hydrogen-bond acceptors (Lipinski definition) is 2. The highest BCUT2D eigenvalue weighted by molar-refractivity contribution is 5.73. The molecule has 1 aromatic carbocycles. The Labute approximate surface area is 109 Å². The van der Waals surface area contributed by atoms with Crippen LogP contribution in [-0.2, 0) is 11.2 Å². The molecule has 0 fully saturated rings. The van der Waals surface area contributed by atoms with Crippen LogP contribution in [-0.4, -0.2) is 32.8 Å². The molecule has 0 aromatic heterocycles. The molecule has 0 saturated carbocycles. The van der Waals surface area contributed by atoms with Crippen LogP contribution < -0.4 is 10.6 Å². The van der Waals surface area contributed by atoms with Crippen LogP contribution in [0.4, 0.5) is 4.79 Å². The van der Waals surface area contributed by atoms with Crippen LogP contribution in [0.5, 0.6) is 0 Å². The molecule has 0 atom stereocenters. The van der Waals surface area contributed by atoms with Gasteiger partial charge < -0.3 is 15.4 Å². The first-order valence-electron chi connectivity index (χ1n) is 6.37. The maximum Gasteiger partial charge on any atom is 0.314 e. The normalized spacial score (nSPS) is 10.1. The molecule has 0 aliphatic rings. The van der Waals surface area contributed by atoms with Gasteiger partial charge in [-0.3, -0.25) is 0 Å². The summed E-state index contributed by atoms with van der Waals surface area (Å²) in [7, 11) is 1.61. The van der Waals surface area contributed by atoms with Crippen molar-refractivity contribution in [1.29, 1.82) is 0 Å². The number of rotatable bonds is 8. The van der Waals surface area contributed by atoms with Crippen LogP contribution in [0.1, 0.15) is 18.4 Å². The molecule has 4 nitrogen and oxygen atoms in total. The molecule has 2 N–H and O–H groups in total. The van der Waals surface area contributed by atoms with E-state index in [0.29, 0.717) is 19.7 Å². The van der Waals surface area contributed by atoms with Crippen LogP contribution in [0.15, 0.2) is 30.3 Å². The third-order valence-corrected chi connectivity index (χ3v) is 2.61. The Morgan fingerprint density at radius 2 is 1.83 bits per heavy atom. The van der Waals surface area contributed by atoms with E-state index in [0.717, 1.165) is 19.3 Å². The lowest BCUT2D eigenvalue weighted by Gasteiger charge is -2.07. The number of benzene rings is 1. The van der Waals surface area contributed by atoms with Crippen molar-refractivity contribution in [3.63, 3.8) is 0 Å². The SMILES string of the molecule is COCCNC(=O)NCCCCc1ccccc1. The Kier molecular flexibility index (Phi) is 7.64. The zero-order valence-electron chi connectivity index (χ0n) is 10.9. The van der Waals surface area contributed by atoms with E-state index in [9.17, 15) is 4.79 Å². The summed E-state index contributed by atoms with van der Waals surface area (Å²) in [5.41, 5.74) is 1.35. The summed E-state index contributed by atoms with van der Waals surface area (Å²) >= 11 is 0. The van der Waals surface area contributed by atoms with E-state index in [1.807, 2.05) is 6.07 Å². The molecule has 0 unspecified atom stereocenters. The Morgan fingerprint density at radius 3 is 2.56 bits per heavy atom. The van der Waals surface area contributed by atoms with Gasteiger partial charge in [0.2, 0.25) is 0 Å². The summed E-state index contributed by atoms with van der Waals surface area (Å²) in [4.78, 5) is 11.3. The summed E-state index contributed by atoms with van der Waals surface area (Å²) in [6.07, 6.45) is 3.14. The fourth-order valence-electron chi connectivity index (χ4n) is 1.63. The zero-order chi connectivity index (χ0) is 13.1. The van der Waals surface area contributed by atoms with Crippen LogP contribution in [0.2, 0.25) is 0 Å². The van der Waals surface area contributed by atoms with Crippen molar-refractivity contribution < 1.29 is 9.53 Å². The third kappa shape index (κ3) is 6.91. The number of nitrogens with one attached hydrogen (secondary N) is 2. The van der Waals surface area contributed by atoms with Gasteiger partial charge in [-0.2, -0.15) is 0 Å². The molecule has 0 saturated heterocycles. The Hall–Kier alpha value is -1.55. The number of hydrogen-bond donors (Lipinski definition) is 2. The van der Waals surface area contributed by atoms with Crippen molar-refractivity contribution in [2.45, 2.75) is 19.3 Å². The van der Waals surface area contributed by atoms with Crippen molar-refractivity contribution in [3.05, 3.63) is 35.9 Å². The number of urea groups is 1. The minimum absolute atomic E-state index is 0.119. The second-order valence-corrected chi connectivity index (χ2v) is 4.12. The van der Waals surface area contributed by atoms with Crippen molar-refractivity contribution in [2.75, 3.05) is 26.8 Å². The topological polar surface area (TPSA) is 50.4 Å². The highest BCUT2D eigenvalue weighted by Gasteiger charge is 1.98. The fourth-order valence-corrected chi connectivity index (χ4v) is 1.63. The first-order valence-corrected chi connectivity index (χ1v) is 6.37. The molecule has 1 rings (SSSR count). The molecule has 18 heavy (non-hydrogen) atoms. The van der Waals surface area contributed by atoms with Gasteiger partial charge in [0.15, 0.2) is 0 Å². The Morgan fingerprint density at radius 1 is 1.11 bits per heavy atom. The van der Waals surface area contributed by atoms with Gasteiger partial charge in [-0.15, -0.1) is 0 Å². The molecule has 0 heterocycles. The largest absolute Gasteiger partial charge is 0.383 e. The minimum Gasteiger partial charge on any atom is -0.383 e. The van der Waals surface area contributed by atoms with E-state index < -0.39 is 0 Å². The summed E-state index contributed by atoms with van der Waals surface area (Å²) in [5.74, 6) is 0. The van der Waals surface area contributed by atoms with E-state index in [1.54, 1.807) is 7.11 Å². The van der Waals surface area contributed by atoms with E-state index in [4.69, 9.17) is 4.74 Å². The van der Waals surface area contributed by atoms with E-state index in [1.165, 1.54) is 5.56 Å². The zero-order valence-corrected chi connectivity index (χ0v) is 10.9. The number of amides is 2. The van der Waals surface area contributed by atoms with Crippen LogP contribution >= 0.6 is 0 Å². The van der Waals surface area contributed by atoms with E-state index >= 15 is 0 Å². The number of methoxy groups -OCH3 is 1. The third-order valence-electron chi connectivity index (χ3n) is 2.61. The van der Waals surface area contributed by atoms with Crippen molar-refractivity contribution in [1.82, 2.24) is 10.6 Å². The lowest BCUT2D eigenvalue weighted by atomic mass is 10.1. The highest BCUT2D eigenvalue weighted by Crippen LogP contribution is 2.03. The van der Waals surface area contributed by atoms with Crippen molar-refractivity contribution in [3.8, 4) is 0 Å². The minimum atomic E-state index is -0.119. The fraction of sp³-hybridized carbons (Fsp3) is 0.500. The van der Waals surface area contributed by atoms with Crippen molar-refractivity contribution in [2.24, 2.45) is 0 Å². The van der Waals surface area contributed by atoms with Gasteiger partial charge in [-0.1, -0.05) is 30.3 Å². The number of carbonyl (C=O) groups excluding carboxylic acids is 1. The second kappa shape index (κ2) is 9.48. The first-order chi connectivity index (χ1) is 8.83. The number of unbranched alkanes of at least 4 members (excludes halogenated alkanes) is 1. The summed E-state index contributed by atoms with van der Waals surface area (Å²) < 4.78 is 4.84. The standard InChI is InChI=1S/C14H22N2O2/c1-18-12-11-16-14(17)15-10-6-5-9-13-7-3-2-4-8-13/h2-4,7-8H,5-6,9-12H2,1H3,(H2,15,16,17). The molecule has 0 bridgehead atoms. The van der Waals surface area contributed by atoms with E-state index in [2.05, 4.69) is 34.9 Å². The average Bonchev–Trinajstić information content (AvgIpc) is 2.40. The van der Waals surface area contributed by atoms with Gasteiger partial charge in [0, 0.05) is 20.2 Å². The van der Waals surface area contributed by atoms with Crippen LogP contribution in [0.3, 0.4) is 0 Å². The maximum absolute atomic E-state index is 11.3. The lowest BCUT2D eigenvalue weighted by molar-refractivity contribution is 0.196. The molecular formula is C14H22N2O2. The highest BCUT2D eigenvalue weighted by atomic mass is 16.5. The summed E-state index contributed by atoms with van der Waals surface area (Å²) in [6, 6.07) is 10.3.